The third kappa shape index (κ3) is 3.98. The molecule has 0 saturated carbocycles. The Morgan fingerprint density at radius 1 is 1.21 bits per heavy atom. The number of hydrogen-bond acceptors (Lipinski definition) is 7. The van der Waals surface area contributed by atoms with Gasteiger partial charge in [-0.3, -0.25) is 18.7 Å². The average Bonchev–Trinajstić information content (AvgIpc) is 2.68. The molecule has 1 aromatic carbocycles. The van der Waals surface area contributed by atoms with Crippen LogP contribution in [-0.2, 0) is 18.3 Å². The van der Waals surface area contributed by atoms with Gasteiger partial charge in [0.25, 0.3) is 5.56 Å². The predicted molar refractivity (Wildman–Crippen MR) is 103 cm³/mol. The number of esters is 1. The molecule has 1 aromatic heterocycles. The molecular formula is C19H23N3O6. The van der Waals surface area contributed by atoms with Crippen LogP contribution in [0.1, 0.15) is 39.6 Å². The van der Waals surface area contributed by atoms with Crippen LogP contribution in [0.4, 0.5) is 5.82 Å². The number of aryl methyl sites for hydroxylation is 1. The predicted octanol–water partition coefficient (Wildman–Crippen LogP) is 0.896. The van der Waals surface area contributed by atoms with Crippen molar-refractivity contribution in [2.45, 2.75) is 26.8 Å². The van der Waals surface area contributed by atoms with E-state index >= 15 is 0 Å². The first-order valence-electron chi connectivity index (χ1n) is 8.67. The largest absolute Gasteiger partial charge is 0.496 e. The normalized spacial score (nSPS) is 10.6. The summed E-state index contributed by atoms with van der Waals surface area (Å²) in [5.74, 6) is -1.25. The molecule has 0 amide bonds. The van der Waals surface area contributed by atoms with Crippen molar-refractivity contribution in [3.63, 3.8) is 0 Å². The van der Waals surface area contributed by atoms with Crippen molar-refractivity contribution >= 4 is 17.6 Å². The van der Waals surface area contributed by atoms with Gasteiger partial charge in [-0.25, -0.2) is 9.59 Å². The molecule has 1 heterocycles. The van der Waals surface area contributed by atoms with E-state index in [1.807, 2.05) is 13.8 Å². The lowest BCUT2D eigenvalue weighted by atomic mass is 10.1. The van der Waals surface area contributed by atoms with Crippen LogP contribution in [0.3, 0.4) is 0 Å². The van der Waals surface area contributed by atoms with Gasteiger partial charge >= 0.3 is 11.7 Å². The summed E-state index contributed by atoms with van der Waals surface area (Å²) in [5, 5.41) is 0. The number of rotatable bonds is 7. The Kier molecular flexibility index (Phi) is 6.40. The van der Waals surface area contributed by atoms with E-state index in [0.29, 0.717) is 12.2 Å². The third-order valence-electron chi connectivity index (χ3n) is 4.29. The van der Waals surface area contributed by atoms with Crippen LogP contribution >= 0.6 is 0 Å². The van der Waals surface area contributed by atoms with Crippen LogP contribution < -0.4 is 21.7 Å². The maximum Gasteiger partial charge on any atom is 0.338 e. The van der Waals surface area contributed by atoms with Crippen LogP contribution in [-0.4, -0.2) is 34.6 Å². The second kappa shape index (κ2) is 8.55. The lowest BCUT2D eigenvalue weighted by Gasteiger charge is -2.14. The van der Waals surface area contributed by atoms with Gasteiger partial charge in [0.1, 0.15) is 17.1 Å². The first-order chi connectivity index (χ1) is 13.2. The lowest BCUT2D eigenvalue weighted by Crippen LogP contribution is -2.43. The van der Waals surface area contributed by atoms with E-state index in [2.05, 4.69) is 0 Å². The van der Waals surface area contributed by atoms with Gasteiger partial charge < -0.3 is 15.2 Å². The molecular weight excluding hydrogens is 366 g/mol. The molecule has 28 heavy (non-hydrogen) atoms. The molecule has 0 unspecified atom stereocenters. The fourth-order valence-electron chi connectivity index (χ4n) is 2.72. The molecule has 0 aliphatic carbocycles. The monoisotopic (exact) mass is 389 g/mol. The smallest absolute Gasteiger partial charge is 0.338 e. The Morgan fingerprint density at radius 2 is 1.89 bits per heavy atom. The zero-order valence-corrected chi connectivity index (χ0v) is 16.3. The highest BCUT2D eigenvalue weighted by molar-refractivity contribution is 6.02. The van der Waals surface area contributed by atoms with Gasteiger partial charge in [0.15, 0.2) is 6.61 Å². The molecule has 150 valence electrons. The number of benzene rings is 1. The number of hydrogen-bond donors (Lipinski definition) is 1. The second-order valence-electron chi connectivity index (χ2n) is 6.24. The molecule has 0 saturated heterocycles. The van der Waals surface area contributed by atoms with Gasteiger partial charge in [0.05, 0.1) is 12.7 Å². The number of ketones is 1. The fourth-order valence-corrected chi connectivity index (χ4v) is 2.72. The minimum Gasteiger partial charge on any atom is -0.496 e. The van der Waals surface area contributed by atoms with Gasteiger partial charge in [-0.1, -0.05) is 13.0 Å². The summed E-state index contributed by atoms with van der Waals surface area (Å²) in [6, 6.07) is 4.72. The summed E-state index contributed by atoms with van der Waals surface area (Å²) in [5.41, 5.74) is 5.12. The molecule has 2 rings (SSSR count). The highest BCUT2D eigenvalue weighted by Crippen LogP contribution is 2.19. The van der Waals surface area contributed by atoms with Crippen molar-refractivity contribution in [2.24, 2.45) is 7.05 Å². The first kappa shape index (κ1) is 20.9. The highest BCUT2D eigenvalue weighted by Gasteiger charge is 2.22. The third-order valence-corrected chi connectivity index (χ3v) is 4.29. The SMILES string of the molecule is CCCn1c(N)c(C(=O)COC(=O)c2ccc(C)c(OC)c2)c(=O)n(C)c1=O. The van der Waals surface area contributed by atoms with Crippen molar-refractivity contribution in [3.8, 4) is 5.75 Å². The Labute approximate surface area is 161 Å². The summed E-state index contributed by atoms with van der Waals surface area (Å²) in [6.45, 7) is 3.22. The van der Waals surface area contributed by atoms with E-state index < -0.39 is 29.6 Å². The summed E-state index contributed by atoms with van der Waals surface area (Å²) >= 11 is 0. The van der Waals surface area contributed by atoms with Crippen molar-refractivity contribution in [1.82, 2.24) is 9.13 Å². The van der Waals surface area contributed by atoms with Crippen molar-refractivity contribution in [1.29, 1.82) is 0 Å². The first-order valence-corrected chi connectivity index (χ1v) is 8.67. The summed E-state index contributed by atoms with van der Waals surface area (Å²) < 4.78 is 12.1. The number of methoxy groups -OCH3 is 1. The van der Waals surface area contributed by atoms with Gasteiger partial charge in [-0.2, -0.15) is 0 Å². The van der Waals surface area contributed by atoms with Crippen LogP contribution in [0.5, 0.6) is 5.75 Å². The van der Waals surface area contributed by atoms with Gasteiger partial charge in [0.2, 0.25) is 5.78 Å². The highest BCUT2D eigenvalue weighted by atomic mass is 16.5. The van der Waals surface area contributed by atoms with E-state index in [4.69, 9.17) is 15.2 Å². The summed E-state index contributed by atoms with van der Waals surface area (Å²) in [4.78, 5) is 49.2. The average molecular weight is 389 g/mol. The molecule has 0 bridgehead atoms. The van der Waals surface area contributed by atoms with E-state index in [-0.39, 0.29) is 23.5 Å². The zero-order chi connectivity index (χ0) is 21.0. The topological polar surface area (TPSA) is 123 Å². The number of carbonyl (C=O) groups is 2. The van der Waals surface area contributed by atoms with Gasteiger partial charge in [-0.05, 0) is 31.0 Å². The number of nitrogen functional groups attached to an aromatic ring is 1. The molecule has 0 atom stereocenters. The van der Waals surface area contributed by atoms with Crippen LogP contribution in [0.25, 0.3) is 0 Å². The van der Waals surface area contributed by atoms with E-state index in [1.54, 1.807) is 12.1 Å². The van der Waals surface area contributed by atoms with Crippen molar-refractivity contribution < 1.29 is 19.1 Å². The number of anilines is 1. The molecule has 2 N–H and O–H groups in total. The zero-order valence-electron chi connectivity index (χ0n) is 16.3. The maximum absolute atomic E-state index is 12.5. The van der Waals surface area contributed by atoms with Crippen LogP contribution in [0.15, 0.2) is 27.8 Å². The number of ether oxygens (including phenoxy) is 2. The van der Waals surface area contributed by atoms with Crippen molar-refractivity contribution in [2.75, 3.05) is 19.5 Å². The fraction of sp³-hybridized carbons (Fsp3) is 0.368. The quantitative estimate of drug-likeness (QED) is 0.551. The number of carbonyl (C=O) groups excluding carboxylic acids is 2. The summed E-state index contributed by atoms with van der Waals surface area (Å²) in [7, 11) is 2.74. The molecule has 9 nitrogen and oxygen atoms in total. The second-order valence-corrected chi connectivity index (χ2v) is 6.24. The number of nitrogens with two attached hydrogens (primary N) is 1. The Balaban J connectivity index is 2.27. The molecule has 9 heteroatoms. The van der Waals surface area contributed by atoms with Crippen LogP contribution in [0.2, 0.25) is 0 Å². The number of nitrogens with zero attached hydrogens (tertiary/aromatic N) is 2. The van der Waals surface area contributed by atoms with E-state index in [0.717, 1.165) is 14.7 Å². The van der Waals surface area contributed by atoms with Gasteiger partial charge in [0, 0.05) is 13.6 Å². The van der Waals surface area contributed by atoms with Gasteiger partial charge in [-0.15, -0.1) is 0 Å². The number of Topliss-reactive ketones (excluding diaryl/α,β-unsaturated/α-hetero) is 1. The standard InChI is InChI=1S/C19H23N3O6/c1-5-8-22-16(20)15(17(24)21(3)19(22)26)13(23)10-28-18(25)12-7-6-11(2)14(9-12)27-4/h6-7,9H,5,8,10,20H2,1-4H3. The lowest BCUT2D eigenvalue weighted by molar-refractivity contribution is 0.0474. The molecule has 0 spiro atoms. The molecule has 0 aliphatic rings. The minimum absolute atomic E-state index is 0.201. The van der Waals surface area contributed by atoms with E-state index in [1.165, 1.54) is 20.2 Å². The van der Waals surface area contributed by atoms with Crippen LogP contribution in [0, 0.1) is 6.92 Å². The Bertz CT molecular complexity index is 1040. The molecule has 2 aromatic rings. The summed E-state index contributed by atoms with van der Waals surface area (Å²) in [6.07, 6.45) is 0.584. The molecule has 0 radical (unpaired) electrons. The maximum atomic E-state index is 12.5. The molecule has 0 fully saturated rings. The Morgan fingerprint density at radius 3 is 2.50 bits per heavy atom. The molecule has 0 aliphatic heterocycles. The van der Waals surface area contributed by atoms with Crippen molar-refractivity contribution in [3.05, 3.63) is 55.7 Å². The van der Waals surface area contributed by atoms with E-state index in [9.17, 15) is 19.2 Å². The Hall–Kier alpha value is -3.36. The number of aromatic nitrogens is 2. The minimum atomic E-state index is -0.826.